The Hall–Kier alpha value is -4.44. The molecule has 0 aliphatic heterocycles. The highest BCUT2D eigenvalue weighted by atomic mass is 15.0. The highest BCUT2D eigenvalue weighted by Crippen LogP contribution is 2.56. The Bertz CT molecular complexity index is 2940. The van der Waals surface area contributed by atoms with E-state index in [1.807, 2.05) is 0 Å². The van der Waals surface area contributed by atoms with Crippen molar-refractivity contribution in [2.75, 3.05) is 0 Å². The quantitative estimate of drug-likeness (QED) is 0.157. The van der Waals surface area contributed by atoms with E-state index in [2.05, 4.69) is 155 Å². The first kappa shape index (κ1) is 32.9. The van der Waals surface area contributed by atoms with Crippen molar-refractivity contribution in [2.24, 2.45) is 0 Å². The number of benzene rings is 3. The molecule has 2 aliphatic carbocycles. The van der Waals surface area contributed by atoms with Gasteiger partial charge in [0.05, 0.1) is 56.9 Å². The normalized spacial score (nSPS) is 19.4. The summed E-state index contributed by atoms with van der Waals surface area (Å²) in [4.78, 5) is 10.7. The minimum absolute atomic E-state index is 0.00139. The molecule has 0 amide bonds. The molecule has 4 heteroatoms. The number of nitrogens with zero attached hydrogens (tertiary/aromatic N) is 4. The molecule has 3 aromatic carbocycles. The van der Waals surface area contributed by atoms with Crippen molar-refractivity contribution >= 4 is 76.2 Å². The lowest BCUT2D eigenvalue weighted by atomic mass is 9.81. The Kier molecular flexibility index (Phi) is 5.58. The summed E-state index contributed by atoms with van der Waals surface area (Å²) in [7, 11) is 0. The lowest BCUT2D eigenvalue weighted by Gasteiger charge is -2.22. The van der Waals surface area contributed by atoms with Crippen LogP contribution in [-0.2, 0) is 32.5 Å². The lowest BCUT2D eigenvalue weighted by molar-refractivity contribution is 0.400. The van der Waals surface area contributed by atoms with Crippen LogP contribution in [0.2, 0.25) is 0 Å². The predicted molar refractivity (Wildman–Crippen MR) is 230 cm³/mol. The van der Waals surface area contributed by atoms with Crippen molar-refractivity contribution < 1.29 is 0 Å². The van der Waals surface area contributed by atoms with Crippen LogP contribution in [0.4, 0.5) is 0 Å². The van der Waals surface area contributed by atoms with Crippen LogP contribution in [0.15, 0.2) is 48.8 Å². The summed E-state index contributed by atoms with van der Waals surface area (Å²) in [5.74, 6) is 0. The number of aromatic nitrogens is 4. The van der Waals surface area contributed by atoms with E-state index in [0.29, 0.717) is 0 Å². The lowest BCUT2D eigenvalue weighted by Crippen LogP contribution is -2.18. The average molecular weight is 711 g/mol. The highest BCUT2D eigenvalue weighted by molar-refractivity contribution is 6.30. The molecule has 54 heavy (non-hydrogen) atoms. The third-order valence-corrected chi connectivity index (χ3v) is 14.1. The van der Waals surface area contributed by atoms with Gasteiger partial charge in [0.1, 0.15) is 0 Å². The van der Waals surface area contributed by atoms with Crippen LogP contribution in [0, 0.1) is 0 Å². The second-order valence-corrected chi connectivity index (χ2v) is 22.3. The van der Waals surface area contributed by atoms with Crippen molar-refractivity contribution in [3.63, 3.8) is 0 Å². The molecule has 0 saturated carbocycles. The van der Waals surface area contributed by atoms with Gasteiger partial charge in [-0.2, -0.15) is 0 Å². The SMILES string of the molecule is CC(C)(C)c1cc2c3cc4c(cc3n3c5cnc6c(c5c(c1)c23)C(C)(C)CC6(C)C)c1cc(C(C)(C)C)cc2c3c5c(ncc3n4c12)C(C)(C)CC5(C)C. The van der Waals surface area contributed by atoms with Crippen LogP contribution in [0.25, 0.3) is 76.2 Å². The van der Waals surface area contributed by atoms with Crippen LogP contribution in [0.3, 0.4) is 0 Å². The average Bonchev–Trinajstić information content (AvgIpc) is 3.82. The van der Waals surface area contributed by atoms with E-state index in [1.54, 1.807) is 0 Å². The molecule has 0 fully saturated rings. The van der Waals surface area contributed by atoms with Gasteiger partial charge in [0.25, 0.3) is 0 Å². The topological polar surface area (TPSA) is 34.6 Å². The fourth-order valence-corrected chi connectivity index (χ4v) is 12.3. The number of fused-ring (bicyclic) bond motifs is 16. The molecule has 4 nitrogen and oxygen atoms in total. The van der Waals surface area contributed by atoms with E-state index in [1.165, 1.54) is 110 Å². The first-order chi connectivity index (χ1) is 25.0. The second kappa shape index (κ2) is 9.15. The highest BCUT2D eigenvalue weighted by Gasteiger charge is 2.47. The zero-order chi connectivity index (χ0) is 38.2. The molecule has 6 aromatic heterocycles. The maximum absolute atomic E-state index is 5.33. The summed E-state index contributed by atoms with van der Waals surface area (Å²) < 4.78 is 5.15. The third kappa shape index (κ3) is 3.76. The van der Waals surface area contributed by atoms with E-state index in [-0.39, 0.29) is 32.5 Å². The Morgan fingerprint density at radius 3 is 1.15 bits per heavy atom. The molecule has 6 heterocycles. The molecule has 11 rings (SSSR count). The predicted octanol–water partition coefficient (Wildman–Crippen LogP) is 13.3. The maximum Gasteiger partial charge on any atom is 0.0728 e. The molecule has 0 N–H and O–H groups in total. The van der Waals surface area contributed by atoms with Gasteiger partial charge in [-0.15, -0.1) is 0 Å². The fourth-order valence-electron chi connectivity index (χ4n) is 12.3. The Morgan fingerprint density at radius 2 is 0.796 bits per heavy atom. The van der Waals surface area contributed by atoms with Gasteiger partial charge in [-0.1, -0.05) is 96.9 Å². The van der Waals surface area contributed by atoms with Crippen molar-refractivity contribution in [2.45, 2.75) is 142 Å². The Morgan fingerprint density at radius 1 is 0.444 bits per heavy atom. The summed E-state index contributed by atoms with van der Waals surface area (Å²) in [5, 5.41) is 10.9. The molecule has 0 radical (unpaired) electrons. The summed E-state index contributed by atoms with van der Waals surface area (Å²) in [6.45, 7) is 33.4. The fraction of sp³-hybridized carbons (Fsp3) is 0.440. The minimum Gasteiger partial charge on any atom is -0.306 e. The first-order valence-electron chi connectivity index (χ1n) is 20.3. The van der Waals surface area contributed by atoms with E-state index in [4.69, 9.17) is 9.97 Å². The standard InChI is InChI=1S/C50H54N4/c1-45(2,3)25-15-29-27-19-34-28(20-33(27)53-35-21-51-43-39(37(35)31(17-25)41(29)53)47(7,8)23-49(43,11)12)30-16-26(46(4,5)6)18-32-38-36(54(34)42(30)32)22-52-44-40(38)48(9,10)24-50(44,13)14/h15-22H,23-24H2,1-14H3. The minimum atomic E-state index is -0.00139. The summed E-state index contributed by atoms with van der Waals surface area (Å²) in [5.41, 5.74) is 16.0. The van der Waals surface area contributed by atoms with Gasteiger partial charge in [0.15, 0.2) is 0 Å². The van der Waals surface area contributed by atoms with Crippen molar-refractivity contribution in [1.82, 2.24) is 18.8 Å². The van der Waals surface area contributed by atoms with Gasteiger partial charge in [0.2, 0.25) is 0 Å². The van der Waals surface area contributed by atoms with Crippen LogP contribution in [-0.4, -0.2) is 18.8 Å². The maximum atomic E-state index is 5.33. The molecule has 0 unspecified atom stereocenters. The number of pyridine rings is 2. The molecule has 0 spiro atoms. The third-order valence-electron chi connectivity index (χ3n) is 14.1. The second-order valence-electron chi connectivity index (χ2n) is 22.3. The van der Waals surface area contributed by atoms with Gasteiger partial charge in [-0.3, -0.25) is 9.97 Å². The zero-order valence-electron chi connectivity index (χ0n) is 34.8. The van der Waals surface area contributed by atoms with Crippen molar-refractivity contribution in [1.29, 1.82) is 0 Å². The van der Waals surface area contributed by atoms with E-state index in [0.717, 1.165) is 12.8 Å². The van der Waals surface area contributed by atoms with E-state index < -0.39 is 0 Å². The monoisotopic (exact) mass is 710 g/mol. The Balaban J connectivity index is 1.37. The van der Waals surface area contributed by atoms with Crippen LogP contribution in [0.5, 0.6) is 0 Å². The van der Waals surface area contributed by atoms with Crippen molar-refractivity contribution in [3.8, 4) is 0 Å². The van der Waals surface area contributed by atoms with Gasteiger partial charge < -0.3 is 8.80 Å². The van der Waals surface area contributed by atoms with Crippen LogP contribution < -0.4 is 0 Å². The molecule has 0 bridgehead atoms. The molecule has 0 saturated heterocycles. The van der Waals surface area contributed by atoms with E-state index in [9.17, 15) is 0 Å². The smallest absolute Gasteiger partial charge is 0.0728 e. The summed E-state index contributed by atoms with van der Waals surface area (Å²) in [6, 6.07) is 15.1. The number of hydrogen-bond acceptors (Lipinski definition) is 2. The Labute approximate surface area is 318 Å². The molecule has 9 aromatic rings. The van der Waals surface area contributed by atoms with Gasteiger partial charge in [0, 0.05) is 53.9 Å². The van der Waals surface area contributed by atoms with Gasteiger partial charge in [-0.25, -0.2) is 0 Å². The number of hydrogen-bond donors (Lipinski definition) is 0. The molecule has 0 atom stereocenters. The number of rotatable bonds is 0. The van der Waals surface area contributed by atoms with Crippen molar-refractivity contribution in [3.05, 3.63) is 82.4 Å². The summed E-state index contributed by atoms with van der Waals surface area (Å²) >= 11 is 0. The largest absolute Gasteiger partial charge is 0.306 e. The van der Waals surface area contributed by atoms with Gasteiger partial charge >= 0.3 is 0 Å². The molecular formula is C50H54N4. The molecule has 2 aliphatic rings. The van der Waals surface area contributed by atoms with Crippen LogP contribution in [0.1, 0.15) is 143 Å². The molecular weight excluding hydrogens is 657 g/mol. The first-order valence-corrected chi connectivity index (χ1v) is 20.3. The molecule has 274 valence electrons. The van der Waals surface area contributed by atoms with Gasteiger partial charge in [-0.05, 0) is 93.2 Å². The van der Waals surface area contributed by atoms with E-state index >= 15 is 0 Å². The summed E-state index contributed by atoms with van der Waals surface area (Å²) in [6.07, 6.45) is 6.60. The zero-order valence-corrected chi connectivity index (χ0v) is 34.8. The van der Waals surface area contributed by atoms with Crippen LogP contribution >= 0.6 is 0 Å².